The second-order valence-corrected chi connectivity index (χ2v) is 5.29. The molecule has 0 bridgehead atoms. The minimum atomic E-state index is -0.0578. The van der Waals surface area contributed by atoms with Gasteiger partial charge in [-0.2, -0.15) is 0 Å². The molecule has 88 valence electrons. The van der Waals surface area contributed by atoms with E-state index in [1.54, 1.807) is 0 Å². The van der Waals surface area contributed by atoms with Gasteiger partial charge in [-0.1, -0.05) is 0 Å². The molecule has 2 fully saturated rings. The molecule has 1 saturated carbocycles. The summed E-state index contributed by atoms with van der Waals surface area (Å²) in [4.78, 5) is 2.40. The molecule has 2 aliphatic rings. The van der Waals surface area contributed by atoms with Crippen molar-refractivity contribution < 1.29 is 5.11 Å². The average molecular weight is 212 g/mol. The summed E-state index contributed by atoms with van der Waals surface area (Å²) < 4.78 is 0. The van der Waals surface area contributed by atoms with Crippen molar-refractivity contribution in [3.05, 3.63) is 0 Å². The van der Waals surface area contributed by atoms with E-state index in [1.807, 2.05) is 0 Å². The van der Waals surface area contributed by atoms with Crippen LogP contribution in [0.1, 0.15) is 38.5 Å². The molecule has 3 unspecified atom stereocenters. The summed E-state index contributed by atoms with van der Waals surface area (Å²) in [6.07, 6.45) is 6.94. The molecule has 0 aromatic carbocycles. The van der Waals surface area contributed by atoms with E-state index in [0.29, 0.717) is 12.1 Å². The first-order valence-electron chi connectivity index (χ1n) is 6.36. The zero-order valence-electron chi connectivity index (χ0n) is 9.78. The summed E-state index contributed by atoms with van der Waals surface area (Å²) in [5.74, 6) is 0. The number of rotatable bonds is 2. The van der Waals surface area contributed by atoms with Crippen molar-refractivity contribution in [2.24, 2.45) is 0 Å². The number of piperidine rings is 1. The molecule has 1 heterocycles. The highest BCUT2D eigenvalue weighted by atomic mass is 16.3. The zero-order valence-corrected chi connectivity index (χ0v) is 9.78. The molecule has 0 aromatic heterocycles. The van der Waals surface area contributed by atoms with Crippen LogP contribution in [-0.4, -0.2) is 48.3 Å². The first kappa shape index (κ1) is 11.4. The van der Waals surface area contributed by atoms with Crippen molar-refractivity contribution in [2.75, 3.05) is 20.1 Å². The van der Waals surface area contributed by atoms with E-state index in [4.69, 9.17) is 0 Å². The largest absolute Gasteiger partial charge is 0.393 e. The number of nitrogens with one attached hydrogen (secondary N) is 1. The van der Waals surface area contributed by atoms with Crippen LogP contribution in [0.15, 0.2) is 0 Å². The topological polar surface area (TPSA) is 35.5 Å². The Bertz CT molecular complexity index is 178. The summed E-state index contributed by atoms with van der Waals surface area (Å²) in [6, 6.07) is 1.21. The Labute approximate surface area is 92.8 Å². The van der Waals surface area contributed by atoms with Gasteiger partial charge in [0.2, 0.25) is 0 Å². The maximum atomic E-state index is 9.61. The van der Waals surface area contributed by atoms with Gasteiger partial charge in [0.25, 0.3) is 0 Å². The Morgan fingerprint density at radius 1 is 1.13 bits per heavy atom. The van der Waals surface area contributed by atoms with Crippen LogP contribution in [0.25, 0.3) is 0 Å². The van der Waals surface area contributed by atoms with Crippen LogP contribution in [0.2, 0.25) is 0 Å². The van der Waals surface area contributed by atoms with Gasteiger partial charge in [-0.15, -0.1) is 0 Å². The minimum absolute atomic E-state index is 0.0578. The number of aliphatic hydroxyl groups excluding tert-OH is 1. The predicted molar refractivity (Wildman–Crippen MR) is 61.9 cm³/mol. The van der Waals surface area contributed by atoms with E-state index < -0.39 is 0 Å². The first-order valence-corrected chi connectivity index (χ1v) is 6.36. The molecule has 3 heteroatoms. The maximum Gasteiger partial charge on any atom is 0.0555 e. The molecule has 0 spiro atoms. The van der Waals surface area contributed by atoms with Crippen molar-refractivity contribution in [3.63, 3.8) is 0 Å². The van der Waals surface area contributed by atoms with Gasteiger partial charge >= 0.3 is 0 Å². The number of hydrogen-bond acceptors (Lipinski definition) is 3. The summed E-state index contributed by atoms with van der Waals surface area (Å²) in [5.41, 5.74) is 0. The van der Waals surface area contributed by atoms with Crippen molar-refractivity contribution in [3.8, 4) is 0 Å². The molecule has 1 aliphatic carbocycles. The van der Waals surface area contributed by atoms with Gasteiger partial charge in [0.15, 0.2) is 0 Å². The van der Waals surface area contributed by atoms with Gasteiger partial charge in [-0.25, -0.2) is 0 Å². The lowest BCUT2D eigenvalue weighted by molar-refractivity contribution is 0.102. The Hall–Kier alpha value is -0.120. The van der Waals surface area contributed by atoms with Crippen molar-refractivity contribution in [1.29, 1.82) is 0 Å². The van der Waals surface area contributed by atoms with Gasteiger partial charge < -0.3 is 15.3 Å². The second kappa shape index (κ2) is 5.28. The van der Waals surface area contributed by atoms with Crippen molar-refractivity contribution in [2.45, 2.75) is 56.7 Å². The van der Waals surface area contributed by atoms with Gasteiger partial charge in [0.1, 0.15) is 0 Å². The standard InChI is InChI=1S/C12H24N2O/c1-14-7-3-5-11(9-14)13-10-4-2-6-12(15)8-10/h10-13,15H,2-9H2,1H3. The summed E-state index contributed by atoms with van der Waals surface area (Å²) in [5, 5.41) is 13.3. The Kier molecular flexibility index (Phi) is 4.00. The van der Waals surface area contributed by atoms with E-state index in [-0.39, 0.29) is 6.10 Å². The molecule has 2 rings (SSSR count). The van der Waals surface area contributed by atoms with E-state index in [0.717, 1.165) is 12.8 Å². The molecular weight excluding hydrogens is 188 g/mol. The molecule has 3 atom stereocenters. The zero-order chi connectivity index (χ0) is 10.7. The van der Waals surface area contributed by atoms with E-state index in [9.17, 15) is 5.11 Å². The van der Waals surface area contributed by atoms with Crippen LogP contribution in [-0.2, 0) is 0 Å². The second-order valence-electron chi connectivity index (χ2n) is 5.29. The number of aliphatic hydroxyl groups is 1. The maximum absolute atomic E-state index is 9.61. The lowest BCUT2D eigenvalue weighted by Crippen LogP contribution is -2.49. The van der Waals surface area contributed by atoms with E-state index in [2.05, 4.69) is 17.3 Å². The third-order valence-corrected chi connectivity index (χ3v) is 3.74. The molecular formula is C12H24N2O. The van der Waals surface area contributed by atoms with Crippen LogP contribution < -0.4 is 5.32 Å². The lowest BCUT2D eigenvalue weighted by atomic mass is 9.91. The van der Waals surface area contributed by atoms with E-state index >= 15 is 0 Å². The number of likely N-dealkylation sites (tertiary alicyclic amines) is 1. The molecule has 0 amide bonds. The summed E-state index contributed by atoms with van der Waals surface area (Å²) in [7, 11) is 2.20. The SMILES string of the molecule is CN1CCCC(NC2CCCC(O)C2)C1. The van der Waals surface area contributed by atoms with E-state index in [1.165, 1.54) is 38.8 Å². The van der Waals surface area contributed by atoms with Crippen LogP contribution in [0.3, 0.4) is 0 Å². The fraction of sp³-hybridized carbons (Fsp3) is 1.00. The first-order chi connectivity index (χ1) is 7.24. The molecule has 1 saturated heterocycles. The fourth-order valence-corrected chi connectivity index (χ4v) is 2.95. The van der Waals surface area contributed by atoms with Crippen LogP contribution >= 0.6 is 0 Å². The van der Waals surface area contributed by atoms with Gasteiger partial charge in [0.05, 0.1) is 6.10 Å². The molecule has 0 radical (unpaired) electrons. The summed E-state index contributed by atoms with van der Waals surface area (Å²) >= 11 is 0. The Morgan fingerprint density at radius 3 is 2.67 bits per heavy atom. The van der Waals surface area contributed by atoms with Crippen LogP contribution in [0, 0.1) is 0 Å². The number of likely N-dealkylation sites (N-methyl/N-ethyl adjacent to an activating group) is 1. The molecule has 0 aromatic rings. The van der Waals surface area contributed by atoms with Crippen LogP contribution in [0.4, 0.5) is 0 Å². The van der Waals surface area contributed by atoms with Gasteiger partial charge in [-0.3, -0.25) is 0 Å². The van der Waals surface area contributed by atoms with Crippen molar-refractivity contribution >= 4 is 0 Å². The molecule has 3 nitrogen and oxygen atoms in total. The van der Waals surface area contributed by atoms with Gasteiger partial charge in [0, 0.05) is 18.6 Å². The fourth-order valence-electron chi connectivity index (χ4n) is 2.95. The molecule has 2 N–H and O–H groups in total. The van der Waals surface area contributed by atoms with Crippen molar-refractivity contribution in [1.82, 2.24) is 10.2 Å². The minimum Gasteiger partial charge on any atom is -0.393 e. The highest BCUT2D eigenvalue weighted by molar-refractivity contribution is 4.84. The monoisotopic (exact) mass is 212 g/mol. The quantitative estimate of drug-likeness (QED) is 0.716. The predicted octanol–water partition coefficient (Wildman–Crippen LogP) is 0.974. The third-order valence-electron chi connectivity index (χ3n) is 3.74. The Balaban J connectivity index is 1.75. The molecule has 15 heavy (non-hydrogen) atoms. The van der Waals surface area contributed by atoms with Crippen LogP contribution in [0.5, 0.6) is 0 Å². The number of nitrogens with zero attached hydrogens (tertiary/aromatic N) is 1. The highest BCUT2D eigenvalue weighted by Gasteiger charge is 2.24. The average Bonchev–Trinajstić information content (AvgIpc) is 2.17. The Morgan fingerprint density at radius 2 is 1.93 bits per heavy atom. The number of hydrogen-bond donors (Lipinski definition) is 2. The third kappa shape index (κ3) is 3.44. The molecule has 1 aliphatic heterocycles. The summed E-state index contributed by atoms with van der Waals surface area (Å²) in [6.45, 7) is 2.41. The van der Waals surface area contributed by atoms with Gasteiger partial charge in [-0.05, 0) is 52.1 Å². The highest BCUT2D eigenvalue weighted by Crippen LogP contribution is 2.20. The lowest BCUT2D eigenvalue weighted by Gasteiger charge is -2.35. The normalized spacial score (nSPS) is 39.2. The smallest absolute Gasteiger partial charge is 0.0555 e.